The number of ether oxygens (including phenoxy) is 1. The van der Waals surface area contributed by atoms with Crippen LogP contribution in [0.15, 0.2) is 36.5 Å². The van der Waals surface area contributed by atoms with E-state index < -0.39 is 0 Å². The number of piperazine rings is 1. The summed E-state index contributed by atoms with van der Waals surface area (Å²) in [4.78, 5) is 28.1. The number of rotatable bonds is 5. The zero-order valence-corrected chi connectivity index (χ0v) is 15.0. The van der Waals surface area contributed by atoms with Crippen molar-refractivity contribution in [3.63, 3.8) is 0 Å². The van der Waals surface area contributed by atoms with Crippen molar-refractivity contribution in [3.05, 3.63) is 42.2 Å². The van der Waals surface area contributed by atoms with Gasteiger partial charge >= 0.3 is 0 Å². The van der Waals surface area contributed by atoms with Gasteiger partial charge in [0, 0.05) is 33.2 Å². The van der Waals surface area contributed by atoms with E-state index in [9.17, 15) is 9.59 Å². The minimum Gasteiger partial charge on any atom is -0.493 e. The summed E-state index contributed by atoms with van der Waals surface area (Å²) in [7, 11) is 3.15. The summed E-state index contributed by atoms with van der Waals surface area (Å²) in [6.45, 7) is 2.76. The molecule has 138 valence electrons. The average Bonchev–Trinajstić information content (AvgIpc) is 3.13. The Balaban J connectivity index is 1.70. The Morgan fingerprint density at radius 1 is 1.15 bits per heavy atom. The van der Waals surface area contributed by atoms with Crippen LogP contribution >= 0.6 is 0 Å². The van der Waals surface area contributed by atoms with Crippen molar-refractivity contribution in [2.75, 3.05) is 46.9 Å². The van der Waals surface area contributed by atoms with E-state index in [4.69, 9.17) is 4.74 Å². The van der Waals surface area contributed by atoms with Gasteiger partial charge in [0.15, 0.2) is 11.4 Å². The molecule has 0 unspecified atom stereocenters. The van der Waals surface area contributed by atoms with Gasteiger partial charge in [0.25, 0.3) is 5.91 Å². The fourth-order valence-electron chi connectivity index (χ4n) is 2.91. The number of benzene rings is 1. The first kappa shape index (κ1) is 17.9. The first-order valence-corrected chi connectivity index (χ1v) is 8.53. The van der Waals surface area contributed by atoms with Crippen LogP contribution in [0.2, 0.25) is 0 Å². The number of aromatic nitrogens is 2. The highest BCUT2D eigenvalue weighted by Crippen LogP contribution is 2.21. The topological polar surface area (TPSA) is 79.7 Å². The number of amides is 2. The molecule has 2 heterocycles. The second kappa shape index (κ2) is 8.01. The number of methoxy groups -OCH3 is 1. The van der Waals surface area contributed by atoms with Crippen molar-refractivity contribution in [1.82, 2.24) is 24.9 Å². The molecular formula is C18H23N5O3. The standard InChI is InChI=1S/C18H23N5O3/c1-19-16(24)13-21-8-10-22(11-9-21)18(25)17-15(26-2)12-23(20-17)14-6-4-3-5-7-14/h3-7,12H,8-11,13H2,1-2H3,(H,19,24). The van der Waals surface area contributed by atoms with E-state index in [1.165, 1.54) is 7.11 Å². The van der Waals surface area contributed by atoms with E-state index in [0.29, 0.717) is 44.2 Å². The molecule has 2 amide bonds. The molecule has 0 spiro atoms. The van der Waals surface area contributed by atoms with E-state index in [1.54, 1.807) is 22.8 Å². The number of carbonyl (C=O) groups excluding carboxylic acids is 2. The molecule has 26 heavy (non-hydrogen) atoms. The van der Waals surface area contributed by atoms with Gasteiger partial charge in [-0.05, 0) is 12.1 Å². The lowest BCUT2D eigenvalue weighted by atomic mass is 10.2. The first-order chi connectivity index (χ1) is 12.6. The predicted octanol–water partition coefficient (Wildman–Crippen LogP) is 0.385. The first-order valence-electron chi connectivity index (χ1n) is 8.53. The molecule has 0 bridgehead atoms. The summed E-state index contributed by atoms with van der Waals surface area (Å²) in [5, 5.41) is 7.04. The summed E-state index contributed by atoms with van der Waals surface area (Å²) >= 11 is 0. The van der Waals surface area contributed by atoms with Crippen LogP contribution in [0, 0.1) is 0 Å². The van der Waals surface area contributed by atoms with Gasteiger partial charge in [0.1, 0.15) is 0 Å². The number of hydrogen-bond acceptors (Lipinski definition) is 5. The molecule has 8 nitrogen and oxygen atoms in total. The van der Waals surface area contributed by atoms with Crippen molar-refractivity contribution < 1.29 is 14.3 Å². The molecule has 0 atom stereocenters. The van der Waals surface area contributed by atoms with Crippen LogP contribution in [0.1, 0.15) is 10.5 Å². The molecule has 2 aromatic rings. The third-order valence-electron chi connectivity index (χ3n) is 4.43. The lowest BCUT2D eigenvalue weighted by molar-refractivity contribution is -0.122. The van der Waals surface area contributed by atoms with Crippen LogP contribution < -0.4 is 10.1 Å². The van der Waals surface area contributed by atoms with E-state index in [2.05, 4.69) is 10.4 Å². The maximum Gasteiger partial charge on any atom is 0.278 e. The van der Waals surface area contributed by atoms with Gasteiger partial charge in [0.2, 0.25) is 5.91 Å². The minimum absolute atomic E-state index is 0.0203. The molecule has 1 aromatic carbocycles. The van der Waals surface area contributed by atoms with E-state index >= 15 is 0 Å². The fourth-order valence-corrected chi connectivity index (χ4v) is 2.91. The number of nitrogens with zero attached hydrogens (tertiary/aromatic N) is 4. The average molecular weight is 357 g/mol. The largest absolute Gasteiger partial charge is 0.493 e. The molecule has 1 aliphatic rings. The van der Waals surface area contributed by atoms with Crippen LogP contribution in [0.5, 0.6) is 5.75 Å². The van der Waals surface area contributed by atoms with Crippen LogP contribution in [0.3, 0.4) is 0 Å². The number of carbonyl (C=O) groups is 2. The van der Waals surface area contributed by atoms with Crippen LogP contribution in [0.4, 0.5) is 0 Å². The number of nitrogens with one attached hydrogen (secondary N) is 1. The van der Waals surface area contributed by atoms with Gasteiger partial charge in [-0.3, -0.25) is 14.5 Å². The molecule has 8 heteroatoms. The van der Waals surface area contributed by atoms with E-state index in [1.807, 2.05) is 35.2 Å². The molecular weight excluding hydrogens is 334 g/mol. The Labute approximate surface area is 152 Å². The lowest BCUT2D eigenvalue weighted by Gasteiger charge is -2.33. The Hall–Kier alpha value is -2.87. The highest BCUT2D eigenvalue weighted by molar-refractivity contribution is 5.95. The van der Waals surface area contributed by atoms with Gasteiger partial charge < -0.3 is 15.0 Å². The molecule has 0 saturated carbocycles. The Morgan fingerprint density at radius 2 is 1.85 bits per heavy atom. The number of likely N-dealkylation sites (N-methyl/N-ethyl adjacent to an activating group) is 1. The fraction of sp³-hybridized carbons (Fsp3) is 0.389. The summed E-state index contributed by atoms with van der Waals surface area (Å²) in [5.74, 6) is 0.274. The third-order valence-corrected chi connectivity index (χ3v) is 4.43. The predicted molar refractivity (Wildman–Crippen MR) is 96.5 cm³/mol. The van der Waals surface area contributed by atoms with Gasteiger partial charge in [-0.2, -0.15) is 5.10 Å². The summed E-state index contributed by atoms with van der Waals surface area (Å²) < 4.78 is 7.00. The summed E-state index contributed by atoms with van der Waals surface area (Å²) in [6, 6.07) is 9.58. The normalized spacial score (nSPS) is 14.9. The monoisotopic (exact) mass is 357 g/mol. The maximum absolute atomic E-state index is 12.9. The molecule has 0 radical (unpaired) electrons. The molecule has 1 saturated heterocycles. The highest BCUT2D eigenvalue weighted by atomic mass is 16.5. The zero-order valence-electron chi connectivity index (χ0n) is 15.0. The maximum atomic E-state index is 12.9. The van der Waals surface area contributed by atoms with Crippen molar-refractivity contribution in [3.8, 4) is 11.4 Å². The molecule has 0 aliphatic carbocycles. The Morgan fingerprint density at radius 3 is 2.46 bits per heavy atom. The van der Waals surface area contributed by atoms with Crippen molar-refractivity contribution >= 4 is 11.8 Å². The Bertz CT molecular complexity index is 766. The van der Waals surface area contributed by atoms with Gasteiger partial charge in [-0.1, -0.05) is 18.2 Å². The van der Waals surface area contributed by atoms with Crippen molar-refractivity contribution in [2.24, 2.45) is 0 Å². The van der Waals surface area contributed by atoms with Gasteiger partial charge in [-0.25, -0.2) is 4.68 Å². The van der Waals surface area contributed by atoms with Crippen molar-refractivity contribution in [2.45, 2.75) is 0 Å². The van der Waals surface area contributed by atoms with Crippen LogP contribution in [-0.2, 0) is 4.79 Å². The number of para-hydroxylation sites is 1. The smallest absolute Gasteiger partial charge is 0.278 e. The van der Waals surface area contributed by atoms with E-state index in [-0.39, 0.29) is 11.8 Å². The van der Waals surface area contributed by atoms with E-state index in [0.717, 1.165) is 5.69 Å². The van der Waals surface area contributed by atoms with Crippen LogP contribution in [0.25, 0.3) is 5.69 Å². The second-order valence-electron chi connectivity index (χ2n) is 6.07. The van der Waals surface area contributed by atoms with Crippen molar-refractivity contribution in [1.29, 1.82) is 0 Å². The summed E-state index contributed by atoms with van der Waals surface area (Å²) in [5.41, 5.74) is 1.16. The number of hydrogen-bond donors (Lipinski definition) is 1. The minimum atomic E-state index is -0.156. The highest BCUT2D eigenvalue weighted by Gasteiger charge is 2.27. The lowest BCUT2D eigenvalue weighted by Crippen LogP contribution is -2.51. The van der Waals surface area contributed by atoms with Crippen LogP contribution in [-0.4, -0.2) is 78.3 Å². The SMILES string of the molecule is CNC(=O)CN1CCN(C(=O)c2nn(-c3ccccc3)cc2OC)CC1. The third kappa shape index (κ3) is 3.85. The summed E-state index contributed by atoms with van der Waals surface area (Å²) in [6.07, 6.45) is 1.71. The molecule has 1 fully saturated rings. The molecule has 1 aromatic heterocycles. The quantitative estimate of drug-likeness (QED) is 0.837. The molecule has 1 aliphatic heterocycles. The van der Waals surface area contributed by atoms with Gasteiger partial charge in [-0.15, -0.1) is 0 Å². The molecule has 3 rings (SSSR count). The Kier molecular flexibility index (Phi) is 5.52. The zero-order chi connectivity index (χ0) is 18.5. The molecule has 1 N–H and O–H groups in total. The second-order valence-corrected chi connectivity index (χ2v) is 6.07. The van der Waals surface area contributed by atoms with Gasteiger partial charge in [0.05, 0.1) is 25.5 Å².